The first-order chi connectivity index (χ1) is 4.22. The Morgan fingerprint density at radius 1 is 2.00 bits per heavy atom. The molecule has 9 heavy (non-hydrogen) atoms. The molecule has 0 aromatic carbocycles. The van der Waals surface area contributed by atoms with Crippen LogP contribution in [0.2, 0.25) is 0 Å². The van der Waals surface area contributed by atoms with Gasteiger partial charge in [-0.3, -0.25) is 10.1 Å². The molecule has 3 N–H and O–H groups in total. The van der Waals surface area contributed by atoms with Gasteiger partial charge in [0.1, 0.15) is 0 Å². The monoisotopic (exact) mass is 131 g/mol. The lowest BCUT2D eigenvalue weighted by Gasteiger charge is -1.91. The van der Waals surface area contributed by atoms with Crippen molar-refractivity contribution in [3.63, 3.8) is 0 Å². The summed E-state index contributed by atoms with van der Waals surface area (Å²) in [6, 6.07) is 0. The lowest BCUT2D eigenvalue weighted by atomic mass is 10.5. The number of rotatable bonds is 3. The Labute approximate surface area is 52.7 Å². The number of hydrogen-bond donors (Lipinski definition) is 2. The van der Waals surface area contributed by atoms with Gasteiger partial charge in [0, 0.05) is 7.05 Å². The van der Waals surface area contributed by atoms with Crippen molar-refractivity contribution in [1.29, 1.82) is 0 Å². The molecule has 0 fully saturated rings. The van der Waals surface area contributed by atoms with Crippen LogP contribution in [0.25, 0.3) is 0 Å². The SMILES string of the molecule is CN/C=C(\CN)[N+](=O)[O-]. The van der Waals surface area contributed by atoms with E-state index in [0.29, 0.717) is 0 Å². The molecule has 5 nitrogen and oxygen atoms in total. The Hall–Kier alpha value is -1.10. The van der Waals surface area contributed by atoms with Gasteiger partial charge in [-0.05, 0) is 0 Å². The molecule has 0 saturated carbocycles. The molecule has 0 aliphatic carbocycles. The van der Waals surface area contributed by atoms with Crippen molar-refractivity contribution in [2.45, 2.75) is 0 Å². The highest BCUT2D eigenvalue weighted by atomic mass is 16.6. The largest absolute Gasteiger partial charge is 0.389 e. The summed E-state index contributed by atoms with van der Waals surface area (Å²) in [4.78, 5) is 9.42. The van der Waals surface area contributed by atoms with E-state index in [9.17, 15) is 10.1 Å². The van der Waals surface area contributed by atoms with Gasteiger partial charge in [-0.1, -0.05) is 0 Å². The van der Waals surface area contributed by atoms with E-state index >= 15 is 0 Å². The average Bonchev–Trinajstić information content (AvgIpc) is 1.82. The molecule has 52 valence electrons. The zero-order valence-electron chi connectivity index (χ0n) is 5.13. The summed E-state index contributed by atoms with van der Waals surface area (Å²) in [5.41, 5.74) is 4.99. The van der Waals surface area contributed by atoms with Gasteiger partial charge in [-0.25, -0.2) is 0 Å². The number of hydrogen-bond acceptors (Lipinski definition) is 4. The van der Waals surface area contributed by atoms with E-state index in [1.807, 2.05) is 0 Å². The zero-order chi connectivity index (χ0) is 7.28. The first kappa shape index (κ1) is 7.90. The van der Waals surface area contributed by atoms with Crippen LogP contribution in [-0.2, 0) is 0 Å². The van der Waals surface area contributed by atoms with Gasteiger partial charge in [-0.15, -0.1) is 0 Å². The minimum absolute atomic E-state index is 0.0162. The highest BCUT2D eigenvalue weighted by Gasteiger charge is 2.04. The van der Waals surface area contributed by atoms with E-state index in [1.54, 1.807) is 7.05 Å². The number of nitro groups is 1. The quantitative estimate of drug-likeness (QED) is 0.391. The predicted octanol–water partition coefficient (Wildman–Crippen LogP) is -0.717. The van der Waals surface area contributed by atoms with Crippen molar-refractivity contribution in [2.75, 3.05) is 13.6 Å². The normalized spacial score (nSPS) is 11.1. The lowest BCUT2D eigenvalue weighted by Crippen LogP contribution is -2.13. The Morgan fingerprint density at radius 3 is 2.67 bits per heavy atom. The predicted molar refractivity (Wildman–Crippen MR) is 33.2 cm³/mol. The van der Waals surface area contributed by atoms with E-state index in [4.69, 9.17) is 5.73 Å². The Kier molecular flexibility index (Phi) is 3.38. The third kappa shape index (κ3) is 2.65. The van der Waals surface area contributed by atoms with Gasteiger partial charge >= 0.3 is 0 Å². The second-order valence-electron chi connectivity index (χ2n) is 1.39. The highest BCUT2D eigenvalue weighted by Crippen LogP contribution is 1.87. The van der Waals surface area contributed by atoms with E-state index in [2.05, 4.69) is 5.32 Å². The molecule has 5 heteroatoms. The minimum Gasteiger partial charge on any atom is -0.389 e. The summed E-state index contributed by atoms with van der Waals surface area (Å²) in [7, 11) is 1.58. The second-order valence-corrected chi connectivity index (χ2v) is 1.39. The fourth-order valence-electron chi connectivity index (χ4n) is 0.353. The van der Waals surface area contributed by atoms with E-state index < -0.39 is 4.92 Å². The van der Waals surface area contributed by atoms with Crippen LogP contribution in [0.4, 0.5) is 0 Å². The van der Waals surface area contributed by atoms with Crippen LogP contribution in [0, 0.1) is 10.1 Å². The highest BCUT2D eigenvalue weighted by molar-refractivity contribution is 4.89. The fourth-order valence-corrected chi connectivity index (χ4v) is 0.353. The Bertz CT molecular complexity index is 132. The fraction of sp³-hybridized carbons (Fsp3) is 0.500. The van der Waals surface area contributed by atoms with E-state index in [-0.39, 0.29) is 12.2 Å². The van der Waals surface area contributed by atoms with Crippen LogP contribution >= 0.6 is 0 Å². The molecule has 0 bridgehead atoms. The van der Waals surface area contributed by atoms with Crippen molar-refractivity contribution in [3.05, 3.63) is 22.0 Å². The minimum atomic E-state index is -0.517. The van der Waals surface area contributed by atoms with Crippen LogP contribution < -0.4 is 11.1 Å². The first-order valence-electron chi connectivity index (χ1n) is 2.43. The summed E-state index contributed by atoms with van der Waals surface area (Å²) in [6.45, 7) is -0.0478. The molecule has 0 atom stereocenters. The molecule has 0 spiro atoms. The van der Waals surface area contributed by atoms with Crippen molar-refractivity contribution in [1.82, 2.24) is 5.32 Å². The maximum absolute atomic E-state index is 9.94. The Balaban J connectivity index is 3.98. The van der Waals surface area contributed by atoms with Gasteiger partial charge in [0.05, 0.1) is 17.7 Å². The standard InChI is InChI=1S/C4H9N3O2/c1-6-3-4(2-5)7(8)9/h3,6H,2,5H2,1H3/b4-3+. The molecule has 0 aliphatic heterocycles. The molecule has 0 saturated heterocycles. The molecule has 0 unspecified atom stereocenters. The van der Waals surface area contributed by atoms with Crippen molar-refractivity contribution in [2.24, 2.45) is 5.73 Å². The molecule has 0 heterocycles. The van der Waals surface area contributed by atoms with Crippen molar-refractivity contribution >= 4 is 0 Å². The second kappa shape index (κ2) is 3.85. The average molecular weight is 131 g/mol. The van der Waals surface area contributed by atoms with Gasteiger partial charge < -0.3 is 11.1 Å². The third-order valence-electron chi connectivity index (χ3n) is 0.755. The van der Waals surface area contributed by atoms with Crippen LogP contribution in [0.3, 0.4) is 0 Å². The van der Waals surface area contributed by atoms with Crippen LogP contribution in [0.1, 0.15) is 0 Å². The maximum Gasteiger partial charge on any atom is 0.275 e. The van der Waals surface area contributed by atoms with Gasteiger partial charge in [0.25, 0.3) is 5.70 Å². The molecule has 0 aromatic heterocycles. The first-order valence-corrected chi connectivity index (χ1v) is 2.43. The molecule has 0 aromatic rings. The smallest absolute Gasteiger partial charge is 0.275 e. The summed E-state index contributed by atoms with van der Waals surface area (Å²) < 4.78 is 0. The van der Waals surface area contributed by atoms with Crippen LogP contribution in [0.5, 0.6) is 0 Å². The summed E-state index contributed by atoms with van der Waals surface area (Å²) in [5, 5.41) is 12.5. The summed E-state index contributed by atoms with van der Waals surface area (Å²) >= 11 is 0. The van der Waals surface area contributed by atoms with Crippen LogP contribution in [-0.4, -0.2) is 18.5 Å². The molecular formula is C4H9N3O2. The maximum atomic E-state index is 9.94. The van der Waals surface area contributed by atoms with Gasteiger partial charge in [-0.2, -0.15) is 0 Å². The summed E-state index contributed by atoms with van der Waals surface area (Å²) in [6.07, 6.45) is 1.26. The molecule has 0 radical (unpaired) electrons. The molecule has 0 rings (SSSR count). The Morgan fingerprint density at radius 2 is 2.56 bits per heavy atom. The third-order valence-corrected chi connectivity index (χ3v) is 0.755. The zero-order valence-corrected chi connectivity index (χ0v) is 5.13. The lowest BCUT2D eigenvalue weighted by molar-refractivity contribution is -0.425. The van der Waals surface area contributed by atoms with Crippen LogP contribution in [0.15, 0.2) is 11.9 Å². The summed E-state index contributed by atoms with van der Waals surface area (Å²) in [5.74, 6) is 0. The molecular weight excluding hydrogens is 122 g/mol. The number of nitrogens with one attached hydrogen (secondary N) is 1. The molecule has 0 amide bonds. The van der Waals surface area contributed by atoms with Gasteiger partial charge in [0.15, 0.2) is 0 Å². The van der Waals surface area contributed by atoms with Crippen molar-refractivity contribution in [3.8, 4) is 0 Å². The van der Waals surface area contributed by atoms with Crippen molar-refractivity contribution < 1.29 is 4.92 Å². The van der Waals surface area contributed by atoms with E-state index in [1.165, 1.54) is 6.20 Å². The number of nitrogens with zero attached hydrogens (tertiary/aromatic N) is 1. The molecule has 0 aliphatic rings. The van der Waals surface area contributed by atoms with E-state index in [0.717, 1.165) is 0 Å². The topological polar surface area (TPSA) is 81.2 Å². The number of nitrogens with two attached hydrogens (primary N) is 1. The van der Waals surface area contributed by atoms with Gasteiger partial charge in [0.2, 0.25) is 0 Å².